The van der Waals surface area contributed by atoms with Gasteiger partial charge in [-0.2, -0.15) is 0 Å². The first kappa shape index (κ1) is 15.4. The van der Waals surface area contributed by atoms with Crippen LogP contribution in [-0.2, 0) is 10.0 Å². The molecule has 6 heteroatoms. The monoisotopic (exact) mass is 300 g/mol. The average Bonchev–Trinajstić information content (AvgIpc) is 2.41. The minimum absolute atomic E-state index is 0.0278. The summed E-state index contributed by atoms with van der Waals surface area (Å²) in [4.78, 5) is 0.118. The molecule has 1 saturated carbocycles. The Balaban J connectivity index is 1.94. The third-order valence-electron chi connectivity index (χ3n) is 3.67. The Bertz CT molecular complexity index is 523. The van der Waals surface area contributed by atoms with Crippen molar-refractivity contribution in [3.63, 3.8) is 0 Å². The minimum Gasteiger partial charge on any atom is -0.314 e. The maximum atomic E-state index is 12.8. The maximum absolute atomic E-state index is 12.8. The molecule has 1 aliphatic carbocycles. The van der Waals surface area contributed by atoms with Crippen molar-refractivity contribution >= 4 is 10.0 Å². The Morgan fingerprint density at radius 1 is 1.10 bits per heavy atom. The van der Waals surface area contributed by atoms with Gasteiger partial charge in [0, 0.05) is 12.1 Å². The SMILES string of the molecule is CCNC1CCC(NS(=O)(=O)c2ccc(F)cc2)CC1. The Morgan fingerprint density at radius 2 is 1.65 bits per heavy atom. The highest BCUT2D eigenvalue weighted by Gasteiger charge is 2.25. The Kier molecular flexibility index (Phi) is 5.12. The van der Waals surface area contributed by atoms with Crippen molar-refractivity contribution in [3.05, 3.63) is 30.1 Å². The Hall–Kier alpha value is -0.980. The van der Waals surface area contributed by atoms with E-state index in [0.29, 0.717) is 6.04 Å². The van der Waals surface area contributed by atoms with Crippen molar-refractivity contribution in [1.29, 1.82) is 0 Å². The molecule has 0 spiro atoms. The smallest absolute Gasteiger partial charge is 0.240 e. The van der Waals surface area contributed by atoms with Crippen LogP contribution in [-0.4, -0.2) is 27.0 Å². The van der Waals surface area contributed by atoms with Gasteiger partial charge in [0.15, 0.2) is 0 Å². The van der Waals surface area contributed by atoms with Gasteiger partial charge in [-0.25, -0.2) is 17.5 Å². The van der Waals surface area contributed by atoms with Crippen molar-refractivity contribution in [2.75, 3.05) is 6.54 Å². The lowest BCUT2D eigenvalue weighted by atomic mass is 9.92. The third-order valence-corrected chi connectivity index (χ3v) is 5.20. The molecule has 0 heterocycles. The molecule has 4 nitrogen and oxygen atoms in total. The summed E-state index contributed by atoms with van der Waals surface area (Å²) in [5, 5.41) is 3.39. The molecule has 0 aliphatic heterocycles. The van der Waals surface area contributed by atoms with E-state index in [9.17, 15) is 12.8 Å². The number of nitrogens with one attached hydrogen (secondary N) is 2. The van der Waals surface area contributed by atoms with E-state index in [-0.39, 0.29) is 10.9 Å². The summed E-state index contributed by atoms with van der Waals surface area (Å²) in [6.07, 6.45) is 3.62. The van der Waals surface area contributed by atoms with Gasteiger partial charge >= 0.3 is 0 Å². The molecule has 0 atom stereocenters. The van der Waals surface area contributed by atoms with Gasteiger partial charge in [-0.1, -0.05) is 6.92 Å². The molecule has 0 aromatic heterocycles. The lowest BCUT2D eigenvalue weighted by Crippen LogP contribution is -2.42. The van der Waals surface area contributed by atoms with Gasteiger partial charge < -0.3 is 5.32 Å². The molecule has 0 radical (unpaired) electrons. The first-order chi connectivity index (χ1) is 9.51. The predicted molar refractivity (Wildman–Crippen MR) is 76.4 cm³/mol. The first-order valence-corrected chi connectivity index (χ1v) is 8.51. The van der Waals surface area contributed by atoms with Crippen molar-refractivity contribution in [2.24, 2.45) is 0 Å². The summed E-state index contributed by atoms with van der Waals surface area (Å²) in [5.74, 6) is -0.435. The quantitative estimate of drug-likeness (QED) is 0.875. The lowest BCUT2D eigenvalue weighted by Gasteiger charge is -2.29. The van der Waals surface area contributed by atoms with Gasteiger partial charge in [-0.05, 0) is 56.5 Å². The molecule has 20 heavy (non-hydrogen) atoms. The topological polar surface area (TPSA) is 58.2 Å². The fourth-order valence-electron chi connectivity index (χ4n) is 2.61. The Labute approximate surface area is 119 Å². The molecule has 0 unspecified atom stereocenters. The van der Waals surface area contributed by atoms with E-state index in [1.54, 1.807) is 0 Å². The highest BCUT2D eigenvalue weighted by atomic mass is 32.2. The van der Waals surface area contributed by atoms with Crippen LogP contribution < -0.4 is 10.0 Å². The molecule has 1 aromatic rings. The van der Waals surface area contributed by atoms with E-state index >= 15 is 0 Å². The van der Waals surface area contributed by atoms with Gasteiger partial charge in [0.2, 0.25) is 10.0 Å². The average molecular weight is 300 g/mol. The molecular weight excluding hydrogens is 279 g/mol. The molecule has 0 amide bonds. The minimum atomic E-state index is -3.54. The summed E-state index contributed by atoms with van der Waals surface area (Å²) in [6.45, 7) is 3.01. The molecule has 1 aromatic carbocycles. The van der Waals surface area contributed by atoms with E-state index in [2.05, 4.69) is 17.0 Å². The largest absolute Gasteiger partial charge is 0.314 e. The zero-order valence-electron chi connectivity index (χ0n) is 11.6. The lowest BCUT2D eigenvalue weighted by molar-refractivity contribution is 0.333. The van der Waals surface area contributed by atoms with Crippen molar-refractivity contribution < 1.29 is 12.8 Å². The van der Waals surface area contributed by atoms with Crippen LogP contribution in [0, 0.1) is 5.82 Å². The third kappa shape index (κ3) is 4.01. The number of hydrogen-bond acceptors (Lipinski definition) is 3. The number of halogens is 1. The van der Waals surface area contributed by atoms with Crippen molar-refractivity contribution in [2.45, 2.75) is 49.6 Å². The second kappa shape index (κ2) is 6.65. The van der Waals surface area contributed by atoms with Gasteiger partial charge in [0.05, 0.1) is 4.90 Å². The fraction of sp³-hybridized carbons (Fsp3) is 0.571. The van der Waals surface area contributed by atoms with Crippen LogP contribution in [0.5, 0.6) is 0 Å². The number of hydrogen-bond donors (Lipinski definition) is 2. The predicted octanol–water partition coefficient (Wildman–Crippen LogP) is 2.02. The molecular formula is C14H21FN2O2S. The highest BCUT2D eigenvalue weighted by molar-refractivity contribution is 7.89. The molecule has 112 valence electrons. The fourth-order valence-corrected chi connectivity index (χ4v) is 3.91. The Morgan fingerprint density at radius 3 is 2.20 bits per heavy atom. The van der Waals surface area contributed by atoms with Crippen molar-refractivity contribution in [3.8, 4) is 0 Å². The second-order valence-electron chi connectivity index (χ2n) is 5.18. The first-order valence-electron chi connectivity index (χ1n) is 7.02. The summed E-state index contributed by atoms with van der Waals surface area (Å²) >= 11 is 0. The van der Waals surface area contributed by atoms with E-state index < -0.39 is 15.8 Å². The van der Waals surface area contributed by atoms with Crippen LogP contribution in [0.2, 0.25) is 0 Å². The van der Waals surface area contributed by atoms with E-state index in [4.69, 9.17) is 0 Å². The zero-order valence-corrected chi connectivity index (χ0v) is 12.4. The standard InChI is InChI=1S/C14H21FN2O2S/c1-2-16-12-5-7-13(8-6-12)17-20(18,19)14-9-3-11(15)4-10-14/h3-4,9-10,12-13,16-17H,2,5-8H2,1H3. The van der Waals surface area contributed by atoms with Gasteiger partial charge in [-0.15, -0.1) is 0 Å². The summed E-state index contributed by atoms with van der Waals surface area (Å²) in [7, 11) is -3.54. The molecule has 2 rings (SSSR count). The van der Waals surface area contributed by atoms with Crippen LogP contribution in [0.25, 0.3) is 0 Å². The molecule has 2 N–H and O–H groups in total. The highest BCUT2D eigenvalue weighted by Crippen LogP contribution is 2.20. The summed E-state index contributed by atoms with van der Waals surface area (Å²) in [5.41, 5.74) is 0. The van der Waals surface area contributed by atoms with Crippen LogP contribution in [0.4, 0.5) is 4.39 Å². The van der Waals surface area contributed by atoms with E-state index in [1.807, 2.05) is 0 Å². The molecule has 0 bridgehead atoms. The van der Waals surface area contributed by atoms with E-state index in [1.165, 1.54) is 12.1 Å². The summed E-state index contributed by atoms with van der Waals surface area (Å²) in [6, 6.07) is 5.38. The molecule has 0 saturated heterocycles. The number of benzene rings is 1. The van der Waals surface area contributed by atoms with Gasteiger partial charge in [-0.3, -0.25) is 0 Å². The van der Waals surface area contributed by atoms with Crippen LogP contribution in [0.1, 0.15) is 32.6 Å². The van der Waals surface area contributed by atoms with Gasteiger partial charge in [0.25, 0.3) is 0 Å². The normalized spacial score (nSPS) is 23.7. The maximum Gasteiger partial charge on any atom is 0.240 e. The van der Waals surface area contributed by atoms with Crippen LogP contribution >= 0.6 is 0 Å². The van der Waals surface area contributed by atoms with Gasteiger partial charge in [0.1, 0.15) is 5.82 Å². The molecule has 1 aliphatic rings. The van der Waals surface area contributed by atoms with Crippen LogP contribution in [0.15, 0.2) is 29.2 Å². The second-order valence-corrected chi connectivity index (χ2v) is 6.90. The summed E-state index contributed by atoms with van der Waals surface area (Å²) < 4.78 is 39.9. The number of sulfonamides is 1. The van der Waals surface area contributed by atoms with Crippen LogP contribution in [0.3, 0.4) is 0 Å². The van der Waals surface area contributed by atoms with Crippen molar-refractivity contribution in [1.82, 2.24) is 10.0 Å². The van der Waals surface area contributed by atoms with E-state index in [0.717, 1.165) is 44.4 Å². The molecule has 1 fully saturated rings. The zero-order chi connectivity index (χ0) is 14.6. The number of rotatable bonds is 5.